The minimum Gasteiger partial charge on any atom is -0.271 e. The molecule has 0 heterocycles. The predicted molar refractivity (Wildman–Crippen MR) is 76.3 cm³/mol. The van der Waals surface area contributed by atoms with Gasteiger partial charge in [-0.05, 0) is 54.3 Å². The van der Waals surface area contributed by atoms with Crippen LogP contribution in [-0.4, -0.2) is 0 Å². The van der Waals surface area contributed by atoms with Gasteiger partial charge in [0.05, 0.1) is 11.1 Å². The van der Waals surface area contributed by atoms with Gasteiger partial charge >= 0.3 is 0 Å². The van der Waals surface area contributed by atoms with Crippen molar-refractivity contribution < 1.29 is 8.78 Å². The second kappa shape index (κ2) is 6.31. The van der Waals surface area contributed by atoms with E-state index in [2.05, 4.69) is 5.43 Å². The van der Waals surface area contributed by atoms with Crippen LogP contribution in [0.25, 0.3) is 0 Å². The van der Waals surface area contributed by atoms with Gasteiger partial charge in [0.1, 0.15) is 11.6 Å². The fourth-order valence-corrected chi connectivity index (χ4v) is 2.20. The third-order valence-electron chi connectivity index (χ3n) is 3.28. The van der Waals surface area contributed by atoms with Crippen LogP contribution in [-0.2, 0) is 6.42 Å². The standard InChI is InChI=1S/C15H15ClF2N2/c1-9-2-4-12(17)6-11(9)8-15(20-19)10-3-5-13(16)14(18)7-10/h2-7,15,20H,8,19H2,1H3. The lowest BCUT2D eigenvalue weighted by Crippen LogP contribution is -2.29. The van der Waals surface area contributed by atoms with Gasteiger partial charge < -0.3 is 0 Å². The Labute approximate surface area is 121 Å². The molecule has 2 aromatic rings. The highest BCUT2D eigenvalue weighted by molar-refractivity contribution is 6.30. The highest BCUT2D eigenvalue weighted by Crippen LogP contribution is 2.24. The van der Waals surface area contributed by atoms with Crippen LogP contribution in [0.4, 0.5) is 8.78 Å². The molecule has 0 fully saturated rings. The van der Waals surface area contributed by atoms with Gasteiger partial charge in [0.25, 0.3) is 0 Å². The number of hydrogen-bond acceptors (Lipinski definition) is 2. The topological polar surface area (TPSA) is 38.0 Å². The van der Waals surface area contributed by atoms with Gasteiger partial charge in [-0.15, -0.1) is 0 Å². The number of hydrazine groups is 1. The van der Waals surface area contributed by atoms with Gasteiger partial charge in [-0.25, -0.2) is 8.78 Å². The molecule has 2 rings (SSSR count). The van der Waals surface area contributed by atoms with Gasteiger partial charge in [-0.3, -0.25) is 11.3 Å². The normalized spacial score (nSPS) is 12.4. The highest BCUT2D eigenvalue weighted by Gasteiger charge is 2.14. The molecule has 0 aliphatic carbocycles. The summed E-state index contributed by atoms with van der Waals surface area (Å²) in [5.74, 6) is 4.73. The van der Waals surface area contributed by atoms with Crippen LogP contribution in [0.5, 0.6) is 0 Å². The summed E-state index contributed by atoms with van der Waals surface area (Å²) >= 11 is 5.66. The average molecular weight is 297 g/mol. The van der Waals surface area contributed by atoms with E-state index in [1.807, 2.05) is 6.92 Å². The zero-order valence-electron chi connectivity index (χ0n) is 11.0. The molecule has 0 saturated carbocycles. The molecule has 0 aromatic heterocycles. The van der Waals surface area contributed by atoms with Crippen molar-refractivity contribution >= 4 is 11.6 Å². The molecule has 106 valence electrons. The Kier molecular flexibility index (Phi) is 4.70. The number of halogens is 3. The SMILES string of the molecule is Cc1ccc(F)cc1CC(NN)c1ccc(Cl)c(F)c1. The Morgan fingerprint density at radius 2 is 1.95 bits per heavy atom. The number of hydrogen-bond donors (Lipinski definition) is 2. The Morgan fingerprint density at radius 1 is 1.20 bits per heavy atom. The van der Waals surface area contributed by atoms with E-state index in [-0.39, 0.29) is 16.9 Å². The van der Waals surface area contributed by atoms with Crippen LogP contribution in [0.2, 0.25) is 5.02 Å². The minimum absolute atomic E-state index is 0.0615. The first kappa shape index (κ1) is 14.9. The first-order valence-corrected chi connectivity index (χ1v) is 6.55. The van der Waals surface area contributed by atoms with Gasteiger partial charge in [0, 0.05) is 0 Å². The molecule has 2 aromatic carbocycles. The van der Waals surface area contributed by atoms with Crippen molar-refractivity contribution in [3.8, 4) is 0 Å². The molecule has 0 saturated heterocycles. The van der Waals surface area contributed by atoms with Crippen LogP contribution < -0.4 is 11.3 Å². The van der Waals surface area contributed by atoms with Crippen LogP contribution in [0.3, 0.4) is 0 Å². The van der Waals surface area contributed by atoms with E-state index in [4.69, 9.17) is 17.4 Å². The van der Waals surface area contributed by atoms with E-state index in [1.54, 1.807) is 12.1 Å². The van der Waals surface area contributed by atoms with E-state index < -0.39 is 5.82 Å². The number of aryl methyl sites for hydroxylation is 1. The zero-order chi connectivity index (χ0) is 14.7. The highest BCUT2D eigenvalue weighted by atomic mass is 35.5. The van der Waals surface area contributed by atoms with Crippen LogP contribution in [0.15, 0.2) is 36.4 Å². The van der Waals surface area contributed by atoms with Crippen molar-refractivity contribution in [1.29, 1.82) is 0 Å². The molecule has 1 atom stereocenters. The average Bonchev–Trinajstić information content (AvgIpc) is 2.43. The number of nitrogens with one attached hydrogen (secondary N) is 1. The summed E-state index contributed by atoms with van der Waals surface area (Å²) in [6, 6.07) is 8.78. The van der Waals surface area contributed by atoms with Crippen LogP contribution in [0, 0.1) is 18.6 Å². The summed E-state index contributed by atoms with van der Waals surface area (Å²) in [5.41, 5.74) is 5.07. The summed E-state index contributed by atoms with van der Waals surface area (Å²) in [7, 11) is 0. The second-order valence-electron chi connectivity index (χ2n) is 4.67. The number of rotatable bonds is 4. The van der Waals surface area contributed by atoms with Crippen molar-refractivity contribution in [1.82, 2.24) is 5.43 Å². The lowest BCUT2D eigenvalue weighted by Gasteiger charge is -2.18. The van der Waals surface area contributed by atoms with Crippen molar-refractivity contribution in [2.45, 2.75) is 19.4 Å². The van der Waals surface area contributed by atoms with Crippen molar-refractivity contribution in [2.75, 3.05) is 0 Å². The van der Waals surface area contributed by atoms with E-state index in [1.165, 1.54) is 24.3 Å². The molecule has 0 aliphatic heterocycles. The molecule has 2 nitrogen and oxygen atoms in total. The smallest absolute Gasteiger partial charge is 0.142 e. The maximum atomic E-state index is 13.5. The Morgan fingerprint density at radius 3 is 2.60 bits per heavy atom. The number of nitrogens with two attached hydrogens (primary N) is 1. The summed E-state index contributed by atoms with van der Waals surface area (Å²) in [5, 5.41) is 0.0615. The van der Waals surface area contributed by atoms with Gasteiger partial charge in [0.15, 0.2) is 0 Å². The van der Waals surface area contributed by atoms with Crippen molar-refractivity contribution in [3.05, 3.63) is 69.7 Å². The zero-order valence-corrected chi connectivity index (χ0v) is 11.7. The fraction of sp³-hybridized carbons (Fsp3) is 0.200. The Hall–Kier alpha value is -1.49. The second-order valence-corrected chi connectivity index (χ2v) is 5.07. The molecule has 0 radical (unpaired) electrons. The minimum atomic E-state index is -0.500. The molecule has 5 heteroatoms. The van der Waals surface area contributed by atoms with E-state index >= 15 is 0 Å². The largest absolute Gasteiger partial charge is 0.271 e. The van der Waals surface area contributed by atoms with Crippen LogP contribution >= 0.6 is 11.6 Å². The Balaban J connectivity index is 2.28. The number of benzene rings is 2. The summed E-state index contributed by atoms with van der Waals surface area (Å²) in [6.45, 7) is 1.89. The van der Waals surface area contributed by atoms with Crippen LogP contribution in [0.1, 0.15) is 22.7 Å². The monoisotopic (exact) mass is 296 g/mol. The fourth-order valence-electron chi connectivity index (χ4n) is 2.08. The maximum Gasteiger partial charge on any atom is 0.142 e. The van der Waals surface area contributed by atoms with Gasteiger partial charge in [-0.1, -0.05) is 23.7 Å². The molecule has 1 unspecified atom stereocenters. The molecular weight excluding hydrogens is 282 g/mol. The third kappa shape index (κ3) is 3.33. The molecular formula is C15H15ClF2N2. The van der Waals surface area contributed by atoms with E-state index in [9.17, 15) is 8.78 Å². The first-order chi connectivity index (χ1) is 9.51. The molecule has 0 aliphatic rings. The quantitative estimate of drug-likeness (QED) is 0.667. The molecule has 0 spiro atoms. The van der Waals surface area contributed by atoms with Crippen molar-refractivity contribution in [2.24, 2.45) is 5.84 Å². The summed E-state index contributed by atoms with van der Waals surface area (Å²) in [4.78, 5) is 0. The first-order valence-electron chi connectivity index (χ1n) is 6.17. The predicted octanol–water partition coefficient (Wildman–Crippen LogP) is 3.67. The van der Waals surface area contributed by atoms with Gasteiger partial charge in [-0.2, -0.15) is 0 Å². The lowest BCUT2D eigenvalue weighted by molar-refractivity contribution is 0.540. The third-order valence-corrected chi connectivity index (χ3v) is 3.59. The van der Waals surface area contributed by atoms with Crippen molar-refractivity contribution in [3.63, 3.8) is 0 Å². The molecule has 3 N–H and O–H groups in total. The van der Waals surface area contributed by atoms with E-state index in [0.29, 0.717) is 12.0 Å². The summed E-state index contributed by atoms with van der Waals surface area (Å²) in [6.07, 6.45) is 0.459. The maximum absolute atomic E-state index is 13.5. The Bertz CT molecular complexity index is 617. The molecule has 0 bridgehead atoms. The molecule has 0 amide bonds. The molecule has 20 heavy (non-hydrogen) atoms. The summed E-state index contributed by atoms with van der Waals surface area (Å²) < 4.78 is 26.8. The van der Waals surface area contributed by atoms with Gasteiger partial charge in [0.2, 0.25) is 0 Å². The lowest BCUT2D eigenvalue weighted by atomic mass is 9.96. The van der Waals surface area contributed by atoms with E-state index in [0.717, 1.165) is 11.1 Å².